The Balaban J connectivity index is 2.87. The highest BCUT2D eigenvalue weighted by Gasteiger charge is 2.15. The first-order valence-electron chi connectivity index (χ1n) is 7.05. The Hall–Kier alpha value is -1.40. The topological polar surface area (TPSA) is 27.0 Å². The van der Waals surface area contributed by atoms with Crippen molar-refractivity contribution >= 4 is 0 Å². The molecular formula is C16H23FN2. The molecule has 0 aliphatic carbocycles. The van der Waals surface area contributed by atoms with Gasteiger partial charge in [-0.1, -0.05) is 32.4 Å². The summed E-state index contributed by atoms with van der Waals surface area (Å²) in [5.74, 6) is -0.366. The minimum Gasteiger partial charge on any atom is -0.296 e. The van der Waals surface area contributed by atoms with Crippen molar-refractivity contribution in [2.45, 2.75) is 52.6 Å². The van der Waals surface area contributed by atoms with E-state index in [9.17, 15) is 4.39 Å². The minimum atomic E-state index is -0.366. The van der Waals surface area contributed by atoms with Gasteiger partial charge in [0.2, 0.25) is 0 Å². The van der Waals surface area contributed by atoms with Crippen LogP contribution in [0.2, 0.25) is 0 Å². The molecule has 0 saturated carbocycles. The maximum absolute atomic E-state index is 14.1. The van der Waals surface area contributed by atoms with Gasteiger partial charge in [0.05, 0.1) is 5.56 Å². The number of hydrogen-bond acceptors (Lipinski definition) is 2. The van der Waals surface area contributed by atoms with Crippen molar-refractivity contribution in [1.29, 1.82) is 5.26 Å². The summed E-state index contributed by atoms with van der Waals surface area (Å²) in [5, 5.41) is 8.87. The van der Waals surface area contributed by atoms with Crippen LogP contribution in [0.25, 0.3) is 0 Å². The van der Waals surface area contributed by atoms with Gasteiger partial charge in [-0.3, -0.25) is 4.90 Å². The first kappa shape index (κ1) is 15.7. The minimum absolute atomic E-state index is 0.136. The molecule has 0 spiro atoms. The Kier molecular flexibility index (Phi) is 6.52. The monoisotopic (exact) mass is 262 g/mol. The summed E-state index contributed by atoms with van der Waals surface area (Å²) in [5.41, 5.74) is 0.757. The lowest BCUT2D eigenvalue weighted by atomic mass is 10.1. The van der Waals surface area contributed by atoms with E-state index in [2.05, 4.69) is 25.7 Å². The summed E-state index contributed by atoms with van der Waals surface area (Å²) in [6.07, 6.45) is 3.29. The van der Waals surface area contributed by atoms with Crippen LogP contribution < -0.4 is 0 Å². The van der Waals surface area contributed by atoms with Gasteiger partial charge in [0.15, 0.2) is 0 Å². The van der Waals surface area contributed by atoms with Crippen LogP contribution in [0, 0.1) is 17.1 Å². The average molecular weight is 262 g/mol. The molecule has 3 heteroatoms. The molecule has 0 aromatic heterocycles. The third-order valence-corrected chi connectivity index (χ3v) is 3.59. The van der Waals surface area contributed by atoms with Gasteiger partial charge in [-0.2, -0.15) is 5.26 Å². The van der Waals surface area contributed by atoms with E-state index in [1.807, 2.05) is 6.07 Å². The molecule has 104 valence electrons. The fourth-order valence-electron chi connectivity index (χ4n) is 2.08. The molecule has 0 heterocycles. The van der Waals surface area contributed by atoms with Crippen LogP contribution in [0.5, 0.6) is 0 Å². The molecule has 1 rings (SSSR count). The number of unbranched alkanes of at least 4 members (excludes halogenated alkanes) is 1. The van der Waals surface area contributed by atoms with E-state index in [1.54, 1.807) is 12.1 Å². The van der Waals surface area contributed by atoms with Gasteiger partial charge in [0.25, 0.3) is 0 Å². The van der Waals surface area contributed by atoms with Crippen LogP contribution >= 0.6 is 0 Å². The molecule has 1 aromatic carbocycles. The van der Waals surface area contributed by atoms with Gasteiger partial charge in [-0.05, 0) is 32.4 Å². The lowest BCUT2D eigenvalue weighted by molar-refractivity contribution is 0.190. The van der Waals surface area contributed by atoms with Crippen molar-refractivity contribution in [1.82, 2.24) is 4.90 Å². The smallest absolute Gasteiger partial charge is 0.145 e. The molecule has 1 unspecified atom stereocenters. The van der Waals surface area contributed by atoms with E-state index in [0.717, 1.165) is 25.8 Å². The second kappa shape index (κ2) is 7.91. The van der Waals surface area contributed by atoms with Gasteiger partial charge in [0, 0.05) is 18.2 Å². The highest BCUT2D eigenvalue weighted by Crippen LogP contribution is 2.17. The van der Waals surface area contributed by atoms with E-state index in [0.29, 0.717) is 18.2 Å². The van der Waals surface area contributed by atoms with Gasteiger partial charge in [-0.25, -0.2) is 4.39 Å². The summed E-state index contributed by atoms with van der Waals surface area (Å²) in [6.45, 7) is 8.02. The summed E-state index contributed by atoms with van der Waals surface area (Å²) in [6, 6.07) is 7.39. The van der Waals surface area contributed by atoms with Crippen molar-refractivity contribution in [2.75, 3.05) is 6.54 Å². The molecular weight excluding hydrogens is 239 g/mol. The van der Waals surface area contributed by atoms with Crippen LogP contribution in [-0.2, 0) is 6.54 Å². The lowest BCUT2D eigenvalue weighted by Gasteiger charge is -2.28. The summed E-state index contributed by atoms with van der Waals surface area (Å²) in [7, 11) is 0. The van der Waals surface area contributed by atoms with E-state index < -0.39 is 0 Å². The van der Waals surface area contributed by atoms with E-state index >= 15 is 0 Å². The second-order valence-corrected chi connectivity index (χ2v) is 4.97. The van der Waals surface area contributed by atoms with E-state index in [1.165, 1.54) is 6.07 Å². The van der Waals surface area contributed by atoms with Crippen LogP contribution in [0.4, 0.5) is 4.39 Å². The standard InChI is InChI=1S/C16H23FN2/c1-4-6-10-19(13(3)5-2)12-15-9-7-8-14(11-18)16(15)17/h7-9,13H,4-6,10,12H2,1-3H3. The van der Waals surface area contributed by atoms with Gasteiger partial charge >= 0.3 is 0 Å². The maximum atomic E-state index is 14.1. The predicted octanol–water partition coefficient (Wildman–Crippen LogP) is 4.10. The molecule has 0 saturated heterocycles. The number of halogens is 1. The Labute approximate surface area is 115 Å². The Morgan fingerprint density at radius 1 is 1.37 bits per heavy atom. The maximum Gasteiger partial charge on any atom is 0.145 e. The quantitative estimate of drug-likeness (QED) is 0.739. The number of nitrogens with zero attached hydrogens (tertiary/aromatic N) is 2. The number of nitriles is 1. The lowest BCUT2D eigenvalue weighted by Crippen LogP contribution is -2.33. The SMILES string of the molecule is CCCCN(Cc1cccc(C#N)c1F)C(C)CC. The summed E-state index contributed by atoms with van der Waals surface area (Å²) >= 11 is 0. The fraction of sp³-hybridized carbons (Fsp3) is 0.562. The first-order chi connectivity index (χ1) is 9.13. The normalized spacial score (nSPS) is 12.4. The van der Waals surface area contributed by atoms with Crippen molar-refractivity contribution in [3.63, 3.8) is 0 Å². The number of rotatable bonds is 7. The van der Waals surface area contributed by atoms with E-state index in [4.69, 9.17) is 5.26 Å². The summed E-state index contributed by atoms with van der Waals surface area (Å²) < 4.78 is 14.1. The third kappa shape index (κ3) is 4.33. The van der Waals surface area contributed by atoms with Crippen molar-refractivity contribution in [2.24, 2.45) is 0 Å². The first-order valence-corrected chi connectivity index (χ1v) is 7.05. The van der Waals surface area contributed by atoms with Crippen molar-refractivity contribution in [3.05, 3.63) is 35.1 Å². The molecule has 2 nitrogen and oxygen atoms in total. The molecule has 0 aliphatic rings. The zero-order valence-electron chi connectivity index (χ0n) is 12.1. The van der Waals surface area contributed by atoms with E-state index in [-0.39, 0.29) is 11.4 Å². The van der Waals surface area contributed by atoms with Crippen LogP contribution in [0.15, 0.2) is 18.2 Å². The Bertz CT molecular complexity index is 437. The second-order valence-electron chi connectivity index (χ2n) is 4.97. The molecule has 1 atom stereocenters. The summed E-state index contributed by atoms with van der Waals surface area (Å²) in [4.78, 5) is 2.29. The van der Waals surface area contributed by atoms with Crippen molar-refractivity contribution < 1.29 is 4.39 Å². The predicted molar refractivity (Wildman–Crippen MR) is 76.2 cm³/mol. The zero-order chi connectivity index (χ0) is 14.3. The van der Waals surface area contributed by atoms with Gasteiger partial charge in [0.1, 0.15) is 11.9 Å². The Morgan fingerprint density at radius 3 is 2.68 bits per heavy atom. The molecule has 0 amide bonds. The molecule has 0 aliphatic heterocycles. The average Bonchev–Trinajstić information content (AvgIpc) is 2.44. The van der Waals surface area contributed by atoms with Crippen LogP contribution in [0.1, 0.15) is 51.2 Å². The zero-order valence-corrected chi connectivity index (χ0v) is 12.1. The highest BCUT2D eigenvalue weighted by atomic mass is 19.1. The molecule has 0 bridgehead atoms. The number of benzene rings is 1. The largest absolute Gasteiger partial charge is 0.296 e. The fourth-order valence-corrected chi connectivity index (χ4v) is 2.08. The number of hydrogen-bond donors (Lipinski definition) is 0. The molecule has 0 fully saturated rings. The van der Waals surface area contributed by atoms with Crippen LogP contribution in [-0.4, -0.2) is 17.5 Å². The van der Waals surface area contributed by atoms with Crippen LogP contribution in [0.3, 0.4) is 0 Å². The third-order valence-electron chi connectivity index (χ3n) is 3.59. The molecule has 0 N–H and O–H groups in total. The van der Waals surface area contributed by atoms with Crippen molar-refractivity contribution in [3.8, 4) is 6.07 Å². The highest BCUT2D eigenvalue weighted by molar-refractivity contribution is 5.34. The molecule has 1 aromatic rings. The van der Waals surface area contributed by atoms with Gasteiger partial charge < -0.3 is 0 Å². The molecule has 0 radical (unpaired) electrons. The Morgan fingerprint density at radius 2 is 2.11 bits per heavy atom. The molecule has 19 heavy (non-hydrogen) atoms. The van der Waals surface area contributed by atoms with Gasteiger partial charge in [-0.15, -0.1) is 0 Å².